The first-order chi connectivity index (χ1) is 8.31. The number of phenols is 1. The zero-order valence-electron chi connectivity index (χ0n) is 8.91. The van der Waals surface area contributed by atoms with Crippen molar-refractivity contribution in [3.63, 3.8) is 0 Å². The predicted molar refractivity (Wildman–Crippen MR) is 70.7 cm³/mol. The maximum absolute atomic E-state index is 9.19. The van der Waals surface area contributed by atoms with E-state index in [-0.39, 0.29) is 0 Å². The summed E-state index contributed by atoms with van der Waals surface area (Å²) in [6.07, 6.45) is 4.07. The van der Waals surface area contributed by atoms with Gasteiger partial charge in [-0.1, -0.05) is 0 Å². The summed E-state index contributed by atoms with van der Waals surface area (Å²) in [6.45, 7) is 0. The average Bonchev–Trinajstić information content (AvgIpc) is 2.88. The van der Waals surface area contributed by atoms with Crippen molar-refractivity contribution in [2.75, 3.05) is 0 Å². The molecule has 0 aliphatic heterocycles. The third-order valence-corrected chi connectivity index (χ3v) is 4.18. The lowest BCUT2D eigenvalue weighted by atomic mass is 10.3. The van der Waals surface area contributed by atoms with E-state index >= 15 is 0 Å². The quantitative estimate of drug-likeness (QED) is 0.735. The van der Waals surface area contributed by atoms with Crippen molar-refractivity contribution in [2.24, 2.45) is 0 Å². The Morgan fingerprint density at radius 1 is 1.29 bits per heavy atom. The summed E-state index contributed by atoms with van der Waals surface area (Å²) in [5, 5.41) is 11.2. The molecule has 0 unspecified atom stereocenters. The van der Waals surface area contributed by atoms with Crippen molar-refractivity contribution < 1.29 is 5.11 Å². The molecule has 3 rings (SSSR count). The molecule has 2 aromatic heterocycles. The van der Waals surface area contributed by atoms with Crippen LogP contribution in [-0.4, -0.2) is 14.5 Å². The van der Waals surface area contributed by atoms with Gasteiger partial charge in [-0.15, -0.1) is 23.1 Å². The van der Waals surface area contributed by atoms with Gasteiger partial charge in [-0.05, 0) is 24.3 Å². The smallest absolute Gasteiger partial charge is 0.193 e. The number of hydrogen-bond acceptors (Lipinski definition) is 4. The van der Waals surface area contributed by atoms with Crippen molar-refractivity contribution in [2.45, 2.75) is 10.6 Å². The number of thiazole rings is 1. The van der Waals surface area contributed by atoms with Gasteiger partial charge in [0.1, 0.15) is 5.75 Å². The molecule has 0 aliphatic carbocycles. The summed E-state index contributed by atoms with van der Waals surface area (Å²) in [7, 11) is 0. The SMILES string of the molecule is Oc1ccc(SCc2cn3ccsc3n2)cc1. The first-order valence-corrected chi connectivity index (χ1v) is 7.01. The number of hydrogen-bond donors (Lipinski definition) is 1. The van der Waals surface area contributed by atoms with Crippen LogP contribution in [0.15, 0.2) is 46.9 Å². The van der Waals surface area contributed by atoms with E-state index in [0.717, 1.165) is 21.3 Å². The van der Waals surface area contributed by atoms with Crippen LogP contribution in [0.1, 0.15) is 5.69 Å². The Bertz CT molecular complexity index is 599. The largest absolute Gasteiger partial charge is 0.508 e. The standard InChI is InChI=1S/C12H10N2OS2/c15-10-1-3-11(4-2-10)17-8-9-7-14-5-6-16-12(14)13-9/h1-7,15H,8H2. The minimum Gasteiger partial charge on any atom is -0.508 e. The lowest BCUT2D eigenvalue weighted by molar-refractivity contribution is 0.475. The highest BCUT2D eigenvalue weighted by molar-refractivity contribution is 7.98. The summed E-state index contributed by atoms with van der Waals surface area (Å²) in [4.78, 5) is 6.69. The molecule has 1 N–H and O–H groups in total. The Balaban J connectivity index is 1.71. The summed E-state index contributed by atoms with van der Waals surface area (Å²) in [5.74, 6) is 1.15. The molecule has 2 heterocycles. The van der Waals surface area contributed by atoms with Gasteiger partial charge in [0.2, 0.25) is 0 Å². The Hall–Kier alpha value is -1.46. The van der Waals surface area contributed by atoms with Gasteiger partial charge >= 0.3 is 0 Å². The van der Waals surface area contributed by atoms with Crippen LogP contribution in [0, 0.1) is 0 Å². The van der Waals surface area contributed by atoms with E-state index < -0.39 is 0 Å². The number of benzene rings is 1. The lowest BCUT2D eigenvalue weighted by Gasteiger charge is -1.99. The predicted octanol–water partition coefficient (Wildman–Crippen LogP) is 3.39. The highest BCUT2D eigenvalue weighted by Gasteiger charge is 2.03. The molecule has 0 bridgehead atoms. The fraction of sp³-hybridized carbons (Fsp3) is 0.0833. The van der Waals surface area contributed by atoms with Crippen LogP contribution in [0.2, 0.25) is 0 Å². The summed E-state index contributed by atoms with van der Waals surface area (Å²) >= 11 is 3.36. The topological polar surface area (TPSA) is 37.5 Å². The van der Waals surface area contributed by atoms with E-state index in [1.54, 1.807) is 35.2 Å². The molecule has 0 radical (unpaired) electrons. The van der Waals surface area contributed by atoms with Crippen LogP contribution in [0.4, 0.5) is 0 Å². The molecule has 0 saturated heterocycles. The maximum Gasteiger partial charge on any atom is 0.193 e. The zero-order valence-corrected chi connectivity index (χ0v) is 10.5. The van der Waals surface area contributed by atoms with Gasteiger partial charge in [-0.3, -0.25) is 4.40 Å². The van der Waals surface area contributed by atoms with Gasteiger partial charge < -0.3 is 5.11 Å². The molecule has 0 fully saturated rings. The highest BCUT2D eigenvalue weighted by Crippen LogP contribution is 2.24. The van der Waals surface area contributed by atoms with Gasteiger partial charge in [0.15, 0.2) is 4.96 Å². The first kappa shape index (κ1) is 10.7. The highest BCUT2D eigenvalue weighted by atomic mass is 32.2. The van der Waals surface area contributed by atoms with E-state index in [9.17, 15) is 5.11 Å². The Kier molecular flexibility index (Phi) is 2.78. The number of imidazole rings is 1. The molecular weight excluding hydrogens is 252 g/mol. The van der Waals surface area contributed by atoms with Crippen LogP contribution in [0.3, 0.4) is 0 Å². The molecule has 86 valence electrons. The van der Waals surface area contributed by atoms with Crippen LogP contribution >= 0.6 is 23.1 Å². The fourth-order valence-electron chi connectivity index (χ4n) is 1.55. The van der Waals surface area contributed by atoms with E-state index in [0.29, 0.717) is 5.75 Å². The van der Waals surface area contributed by atoms with Crippen molar-refractivity contribution >= 4 is 28.1 Å². The van der Waals surface area contributed by atoms with E-state index in [4.69, 9.17) is 0 Å². The molecule has 0 saturated carbocycles. The minimum atomic E-state index is 0.303. The van der Waals surface area contributed by atoms with Crippen molar-refractivity contribution in [3.05, 3.63) is 47.7 Å². The molecule has 3 aromatic rings. The number of fused-ring (bicyclic) bond motifs is 1. The third-order valence-electron chi connectivity index (χ3n) is 2.37. The summed E-state index contributed by atoms with van der Waals surface area (Å²) in [5.41, 5.74) is 1.08. The third kappa shape index (κ3) is 2.30. The summed E-state index contributed by atoms with van der Waals surface area (Å²) < 4.78 is 2.04. The van der Waals surface area contributed by atoms with Crippen LogP contribution in [0.5, 0.6) is 5.75 Å². The second-order valence-electron chi connectivity index (χ2n) is 3.61. The number of aromatic hydroxyl groups is 1. The molecule has 0 amide bonds. The van der Waals surface area contributed by atoms with Gasteiger partial charge in [0.05, 0.1) is 5.69 Å². The first-order valence-electron chi connectivity index (χ1n) is 5.14. The molecule has 17 heavy (non-hydrogen) atoms. The van der Waals surface area contributed by atoms with Crippen molar-refractivity contribution in [3.8, 4) is 5.75 Å². The number of nitrogens with zero attached hydrogens (tertiary/aromatic N) is 2. The minimum absolute atomic E-state index is 0.303. The molecule has 1 aromatic carbocycles. The number of phenolic OH excluding ortho intramolecular Hbond substituents is 1. The molecule has 0 atom stereocenters. The average molecular weight is 262 g/mol. The van der Waals surface area contributed by atoms with E-state index in [1.165, 1.54) is 0 Å². The van der Waals surface area contributed by atoms with Crippen molar-refractivity contribution in [1.82, 2.24) is 9.38 Å². The van der Waals surface area contributed by atoms with Gasteiger partial charge in [0, 0.05) is 28.4 Å². The Labute approximate surface area is 107 Å². The second-order valence-corrected chi connectivity index (χ2v) is 5.53. The maximum atomic E-state index is 9.19. The fourth-order valence-corrected chi connectivity index (χ4v) is 3.05. The summed E-state index contributed by atoms with van der Waals surface area (Å²) in [6, 6.07) is 7.24. The molecule has 0 aliphatic rings. The molecule has 5 heteroatoms. The Morgan fingerprint density at radius 2 is 2.12 bits per heavy atom. The van der Waals surface area contributed by atoms with E-state index in [2.05, 4.69) is 11.2 Å². The van der Waals surface area contributed by atoms with Gasteiger partial charge in [-0.25, -0.2) is 4.98 Å². The number of aromatic nitrogens is 2. The van der Waals surface area contributed by atoms with Crippen LogP contribution < -0.4 is 0 Å². The number of rotatable bonds is 3. The molecule has 3 nitrogen and oxygen atoms in total. The zero-order chi connectivity index (χ0) is 11.7. The normalized spacial score (nSPS) is 11.1. The monoisotopic (exact) mass is 262 g/mol. The lowest BCUT2D eigenvalue weighted by Crippen LogP contribution is -1.79. The molecular formula is C12H10N2OS2. The van der Waals surface area contributed by atoms with Crippen LogP contribution in [0.25, 0.3) is 4.96 Å². The Morgan fingerprint density at radius 3 is 2.88 bits per heavy atom. The molecule has 0 spiro atoms. The van der Waals surface area contributed by atoms with Gasteiger partial charge in [0.25, 0.3) is 0 Å². The van der Waals surface area contributed by atoms with E-state index in [1.807, 2.05) is 28.1 Å². The van der Waals surface area contributed by atoms with Gasteiger partial charge in [-0.2, -0.15) is 0 Å². The van der Waals surface area contributed by atoms with Crippen molar-refractivity contribution in [1.29, 1.82) is 0 Å². The second kappa shape index (κ2) is 4.43. The van der Waals surface area contributed by atoms with Crippen LogP contribution in [-0.2, 0) is 5.75 Å². The number of thioether (sulfide) groups is 1.